The molecule has 0 saturated heterocycles. The topological polar surface area (TPSA) is 214 Å². The van der Waals surface area contributed by atoms with Crippen LogP contribution < -0.4 is 15.0 Å². The maximum absolute atomic E-state index is 11.7. The second kappa shape index (κ2) is 9.43. The van der Waals surface area contributed by atoms with E-state index >= 15 is 0 Å². The van der Waals surface area contributed by atoms with E-state index in [0.717, 1.165) is 18.2 Å². The predicted molar refractivity (Wildman–Crippen MR) is 115 cm³/mol. The van der Waals surface area contributed by atoms with Crippen molar-refractivity contribution in [1.82, 2.24) is 9.97 Å². The summed E-state index contributed by atoms with van der Waals surface area (Å²) >= 11 is 0. The van der Waals surface area contributed by atoms with Crippen LogP contribution in [0, 0.1) is 30.3 Å². The van der Waals surface area contributed by atoms with Crippen LogP contribution >= 0.6 is 0 Å². The van der Waals surface area contributed by atoms with Crippen LogP contribution in [0.15, 0.2) is 41.2 Å². The van der Waals surface area contributed by atoms with Crippen molar-refractivity contribution in [2.45, 2.75) is 0 Å². The third-order valence-corrected chi connectivity index (χ3v) is 4.27. The number of methoxy groups -OCH3 is 1. The van der Waals surface area contributed by atoms with Gasteiger partial charge in [0, 0.05) is 6.07 Å². The molecule has 1 aromatic heterocycles. The second-order valence-electron chi connectivity index (χ2n) is 6.39. The van der Waals surface area contributed by atoms with Gasteiger partial charge in [-0.15, -0.1) is 0 Å². The molecule has 1 heterocycles. The third kappa shape index (κ3) is 4.93. The zero-order valence-electron chi connectivity index (χ0n) is 17.0. The van der Waals surface area contributed by atoms with Crippen LogP contribution in [-0.4, -0.2) is 37.0 Å². The number of hydrogen-bond acceptors (Lipinski definition) is 11. The Labute approximate surface area is 188 Å². The summed E-state index contributed by atoms with van der Waals surface area (Å²) < 4.78 is 10.8. The van der Waals surface area contributed by atoms with Gasteiger partial charge in [-0.2, -0.15) is 4.98 Å². The van der Waals surface area contributed by atoms with Crippen LogP contribution in [0.1, 0.15) is 11.4 Å². The molecule has 0 saturated carbocycles. The van der Waals surface area contributed by atoms with Crippen LogP contribution in [0.3, 0.4) is 0 Å². The van der Waals surface area contributed by atoms with Gasteiger partial charge >= 0.3 is 16.9 Å². The van der Waals surface area contributed by atoms with Crippen LogP contribution in [0.25, 0.3) is 12.2 Å². The van der Waals surface area contributed by atoms with Crippen molar-refractivity contribution in [3.8, 4) is 23.1 Å². The number of aromatic hydroxyl groups is 1. The van der Waals surface area contributed by atoms with Gasteiger partial charge < -0.3 is 19.6 Å². The third-order valence-electron chi connectivity index (χ3n) is 4.27. The van der Waals surface area contributed by atoms with E-state index in [1.165, 1.54) is 37.5 Å². The molecule has 0 atom stereocenters. The lowest BCUT2D eigenvalue weighted by atomic mass is 10.2. The van der Waals surface area contributed by atoms with Crippen molar-refractivity contribution in [3.63, 3.8) is 0 Å². The molecule has 2 aromatic carbocycles. The smallest absolute Gasteiger partial charge is 0.395 e. The molecule has 2 N–H and O–H groups in total. The summed E-state index contributed by atoms with van der Waals surface area (Å²) in [6.07, 6.45) is 2.70. The maximum Gasteiger partial charge on any atom is 0.395 e. The highest BCUT2D eigenvalue weighted by Crippen LogP contribution is 2.38. The number of benzene rings is 2. The average molecular weight is 471 g/mol. The van der Waals surface area contributed by atoms with E-state index in [9.17, 15) is 40.2 Å². The van der Waals surface area contributed by atoms with Gasteiger partial charge in [0.1, 0.15) is 5.82 Å². The Balaban J connectivity index is 1.90. The highest BCUT2D eigenvalue weighted by molar-refractivity contribution is 5.69. The zero-order valence-corrected chi connectivity index (χ0v) is 17.0. The van der Waals surface area contributed by atoms with E-state index in [-0.39, 0.29) is 23.1 Å². The molecule has 34 heavy (non-hydrogen) atoms. The molecule has 3 aromatic rings. The number of hydrogen-bond donors (Lipinski definition) is 2. The second-order valence-corrected chi connectivity index (χ2v) is 6.39. The Hall–Kier alpha value is -5.34. The highest BCUT2D eigenvalue weighted by Gasteiger charge is 2.23. The number of nitrogens with zero attached hydrogens (tertiary/aromatic N) is 4. The lowest BCUT2D eigenvalue weighted by Crippen LogP contribution is -2.14. The summed E-state index contributed by atoms with van der Waals surface area (Å²) in [4.78, 5) is 47.7. The number of aromatic nitrogens is 2. The van der Waals surface area contributed by atoms with Gasteiger partial charge in [-0.1, -0.05) is 12.1 Å². The fourth-order valence-electron chi connectivity index (χ4n) is 2.73. The summed E-state index contributed by atoms with van der Waals surface area (Å²) in [5.74, 6) is -1.24. The molecule has 15 nitrogen and oxygen atoms in total. The molecule has 0 radical (unpaired) electrons. The number of H-pyrrole nitrogens is 1. The molecule has 15 heteroatoms. The van der Waals surface area contributed by atoms with Crippen LogP contribution in [0.4, 0.5) is 17.1 Å². The predicted octanol–water partition coefficient (Wildman–Crippen LogP) is 3.17. The lowest BCUT2D eigenvalue weighted by Gasteiger charge is -2.11. The summed E-state index contributed by atoms with van der Waals surface area (Å²) in [6.45, 7) is 0. The Bertz CT molecular complexity index is 1400. The average Bonchev–Trinajstić information content (AvgIpc) is 2.77. The number of nitrogens with one attached hydrogen (secondary N) is 1. The largest absolute Gasteiger partial charge is 0.493 e. The van der Waals surface area contributed by atoms with Crippen LogP contribution in [-0.2, 0) is 0 Å². The van der Waals surface area contributed by atoms with E-state index in [1.54, 1.807) is 0 Å². The number of rotatable bonds is 8. The van der Waals surface area contributed by atoms with Gasteiger partial charge in [0.05, 0.1) is 27.9 Å². The Morgan fingerprint density at radius 3 is 2.24 bits per heavy atom. The molecule has 0 unspecified atom stereocenters. The first kappa shape index (κ1) is 23.3. The van der Waals surface area contributed by atoms with Crippen LogP contribution in [0.2, 0.25) is 0 Å². The molecule has 0 fully saturated rings. The van der Waals surface area contributed by atoms with E-state index in [2.05, 4.69) is 9.97 Å². The number of ether oxygens (including phenoxy) is 2. The number of non-ortho nitro benzene ring substituents is 1. The first-order valence-electron chi connectivity index (χ1n) is 9.05. The fraction of sp³-hybridized carbons (Fsp3) is 0.0526. The number of aromatic amines is 1. The summed E-state index contributed by atoms with van der Waals surface area (Å²) in [7, 11) is 1.31. The quantitative estimate of drug-likeness (QED) is 0.359. The number of nitro benzene ring substituents is 2. The summed E-state index contributed by atoms with van der Waals surface area (Å²) in [6, 6.07) is 7.30. The molecule has 0 aliphatic rings. The van der Waals surface area contributed by atoms with Gasteiger partial charge in [-0.3, -0.25) is 35.1 Å². The molecular weight excluding hydrogens is 458 g/mol. The Morgan fingerprint density at radius 2 is 1.65 bits per heavy atom. The standard InChI is InChI=1S/C19H13N5O10/c1-33-15-8-10(3-7-16-20-18(25)17(24(31)32)19(26)21-16)2-5-14(15)34-13-6-4-11(22(27)28)9-12(13)23(29)30/h2-9H,1H3,(H2,20,21,25,26)/b7-3-. The maximum atomic E-state index is 11.7. The van der Waals surface area contributed by atoms with Gasteiger partial charge in [-0.25, -0.2) is 0 Å². The minimum absolute atomic E-state index is 0.0658. The Morgan fingerprint density at radius 1 is 0.941 bits per heavy atom. The minimum atomic E-state index is -1.14. The van der Waals surface area contributed by atoms with Crippen molar-refractivity contribution in [1.29, 1.82) is 0 Å². The van der Waals surface area contributed by atoms with E-state index < -0.39 is 43.3 Å². The van der Waals surface area contributed by atoms with E-state index in [4.69, 9.17) is 9.47 Å². The molecule has 174 valence electrons. The van der Waals surface area contributed by atoms with Crippen molar-refractivity contribution in [2.75, 3.05) is 7.11 Å². The monoisotopic (exact) mass is 471 g/mol. The fourth-order valence-corrected chi connectivity index (χ4v) is 2.73. The van der Waals surface area contributed by atoms with Gasteiger partial charge in [0.2, 0.25) is 5.75 Å². The molecule has 0 spiro atoms. The van der Waals surface area contributed by atoms with Gasteiger partial charge in [0.25, 0.3) is 11.6 Å². The minimum Gasteiger partial charge on any atom is -0.493 e. The molecule has 0 aliphatic carbocycles. The highest BCUT2D eigenvalue weighted by atomic mass is 16.6. The SMILES string of the molecule is COc1cc(/C=C\c2nc(O)c([N+](=O)[O-])c(=O)[nH]2)ccc1Oc1ccc([N+](=O)[O-])cc1[N+](=O)[O-]. The van der Waals surface area contributed by atoms with Gasteiger partial charge in [-0.05, 0) is 29.8 Å². The first-order chi connectivity index (χ1) is 16.1. The Kier molecular flexibility index (Phi) is 6.47. The summed E-state index contributed by atoms with van der Waals surface area (Å²) in [5.41, 5.74) is -2.84. The van der Waals surface area contributed by atoms with Gasteiger partial charge in [0.15, 0.2) is 11.5 Å². The van der Waals surface area contributed by atoms with E-state index in [1.807, 2.05) is 0 Å². The zero-order chi connectivity index (χ0) is 25.0. The van der Waals surface area contributed by atoms with Crippen LogP contribution in [0.5, 0.6) is 23.1 Å². The summed E-state index contributed by atoms with van der Waals surface area (Å²) in [5, 5.41) is 42.5. The molecule has 0 aliphatic heterocycles. The lowest BCUT2D eigenvalue weighted by molar-refractivity contribution is -0.394. The molecule has 0 bridgehead atoms. The molecule has 3 rings (SSSR count). The molecular formula is C19H13N5O10. The normalized spacial score (nSPS) is 10.7. The first-order valence-corrected chi connectivity index (χ1v) is 9.05. The molecule has 0 amide bonds. The van der Waals surface area contributed by atoms with E-state index in [0.29, 0.717) is 5.56 Å². The van der Waals surface area contributed by atoms with Crippen molar-refractivity contribution >= 4 is 29.2 Å². The van der Waals surface area contributed by atoms with Crippen molar-refractivity contribution in [2.24, 2.45) is 0 Å². The number of nitro groups is 3. The van der Waals surface area contributed by atoms with Crippen molar-refractivity contribution in [3.05, 3.63) is 88.5 Å². The van der Waals surface area contributed by atoms with Crippen molar-refractivity contribution < 1.29 is 29.4 Å².